The number of carboxylic acid groups (broad SMARTS) is 2. The molecular weight excluding hydrogens is 184 g/mol. The quantitative estimate of drug-likeness (QED) is 0.727. The van der Waals surface area contributed by atoms with Gasteiger partial charge in [-0.15, -0.1) is 0 Å². The zero-order chi connectivity index (χ0) is 10.8. The predicted octanol–water partition coefficient (Wildman–Crippen LogP) is 1.74. The van der Waals surface area contributed by atoms with Crippen molar-refractivity contribution in [2.45, 2.75) is 39.0 Å². The monoisotopic (exact) mass is 200 g/mol. The second kappa shape index (κ2) is 3.98. The van der Waals surface area contributed by atoms with Gasteiger partial charge in [0.1, 0.15) is 0 Å². The van der Waals surface area contributed by atoms with Gasteiger partial charge in [0.25, 0.3) is 0 Å². The van der Waals surface area contributed by atoms with Crippen LogP contribution in [-0.2, 0) is 9.59 Å². The Morgan fingerprint density at radius 3 is 2.50 bits per heavy atom. The maximum Gasteiger partial charge on any atom is 0.309 e. The highest BCUT2D eigenvalue weighted by molar-refractivity contribution is 5.77. The van der Waals surface area contributed by atoms with Crippen molar-refractivity contribution in [3.05, 3.63) is 0 Å². The highest BCUT2D eigenvalue weighted by atomic mass is 16.4. The lowest BCUT2D eigenvalue weighted by Crippen LogP contribution is -2.38. The van der Waals surface area contributed by atoms with Gasteiger partial charge in [0.2, 0.25) is 0 Å². The summed E-state index contributed by atoms with van der Waals surface area (Å²) in [6, 6.07) is 0. The number of hydrogen-bond acceptors (Lipinski definition) is 2. The normalized spacial score (nSPS) is 32.5. The summed E-state index contributed by atoms with van der Waals surface area (Å²) in [5.41, 5.74) is -0.790. The van der Waals surface area contributed by atoms with Gasteiger partial charge in [-0.2, -0.15) is 0 Å². The maximum atomic E-state index is 11.1. The Balaban J connectivity index is 2.79. The SMILES string of the molecule is CCC1(C(=O)O)CCCC(C(=O)O)C1. The van der Waals surface area contributed by atoms with Crippen LogP contribution in [0.15, 0.2) is 0 Å². The van der Waals surface area contributed by atoms with E-state index >= 15 is 0 Å². The van der Waals surface area contributed by atoms with Crippen molar-refractivity contribution in [2.75, 3.05) is 0 Å². The van der Waals surface area contributed by atoms with Gasteiger partial charge in [0.15, 0.2) is 0 Å². The van der Waals surface area contributed by atoms with Crippen molar-refractivity contribution in [3.8, 4) is 0 Å². The molecule has 0 aromatic rings. The first-order chi connectivity index (χ1) is 6.52. The van der Waals surface area contributed by atoms with Gasteiger partial charge < -0.3 is 10.2 Å². The molecule has 1 fully saturated rings. The standard InChI is InChI=1S/C10H16O4/c1-2-10(9(13)14)5-3-4-7(6-10)8(11)12/h7H,2-6H2,1H3,(H,11,12)(H,13,14). The zero-order valence-corrected chi connectivity index (χ0v) is 8.32. The van der Waals surface area contributed by atoms with E-state index in [0.717, 1.165) is 0 Å². The predicted molar refractivity (Wildman–Crippen MR) is 50.0 cm³/mol. The van der Waals surface area contributed by atoms with E-state index in [1.165, 1.54) is 0 Å². The van der Waals surface area contributed by atoms with E-state index in [4.69, 9.17) is 10.2 Å². The number of rotatable bonds is 3. The Morgan fingerprint density at radius 2 is 2.07 bits per heavy atom. The fraction of sp³-hybridized carbons (Fsp3) is 0.800. The fourth-order valence-corrected chi connectivity index (χ4v) is 2.24. The van der Waals surface area contributed by atoms with Crippen LogP contribution in [0.3, 0.4) is 0 Å². The van der Waals surface area contributed by atoms with E-state index in [-0.39, 0.29) is 6.42 Å². The number of carbonyl (C=O) groups is 2. The first kappa shape index (κ1) is 11.0. The van der Waals surface area contributed by atoms with Crippen molar-refractivity contribution < 1.29 is 19.8 Å². The molecule has 0 aromatic carbocycles. The van der Waals surface area contributed by atoms with Crippen LogP contribution in [0.1, 0.15) is 39.0 Å². The summed E-state index contributed by atoms with van der Waals surface area (Å²) >= 11 is 0. The van der Waals surface area contributed by atoms with Crippen molar-refractivity contribution in [1.82, 2.24) is 0 Å². The molecule has 2 N–H and O–H groups in total. The minimum absolute atomic E-state index is 0.286. The fourth-order valence-electron chi connectivity index (χ4n) is 2.24. The van der Waals surface area contributed by atoms with Crippen molar-refractivity contribution in [3.63, 3.8) is 0 Å². The van der Waals surface area contributed by atoms with Crippen LogP contribution in [0, 0.1) is 11.3 Å². The molecule has 80 valence electrons. The number of hydrogen-bond donors (Lipinski definition) is 2. The third-order valence-corrected chi connectivity index (χ3v) is 3.32. The molecule has 2 unspecified atom stereocenters. The highest BCUT2D eigenvalue weighted by Crippen LogP contribution is 2.42. The summed E-state index contributed by atoms with van der Waals surface area (Å²) in [6.45, 7) is 1.82. The number of carboxylic acids is 2. The van der Waals surface area contributed by atoms with Crippen LogP contribution >= 0.6 is 0 Å². The first-order valence-corrected chi connectivity index (χ1v) is 4.98. The molecule has 1 rings (SSSR count). The lowest BCUT2D eigenvalue weighted by atomic mass is 9.68. The van der Waals surface area contributed by atoms with E-state index in [9.17, 15) is 9.59 Å². The summed E-state index contributed by atoms with van der Waals surface area (Å²) < 4.78 is 0. The molecule has 1 aliphatic rings. The summed E-state index contributed by atoms with van der Waals surface area (Å²) in [6.07, 6.45) is 2.74. The molecule has 0 bridgehead atoms. The topological polar surface area (TPSA) is 74.6 Å². The third-order valence-electron chi connectivity index (χ3n) is 3.32. The largest absolute Gasteiger partial charge is 0.481 e. The minimum atomic E-state index is -0.858. The average Bonchev–Trinajstić information content (AvgIpc) is 2.17. The second-order valence-electron chi connectivity index (χ2n) is 4.07. The molecule has 14 heavy (non-hydrogen) atoms. The third kappa shape index (κ3) is 1.89. The van der Waals surface area contributed by atoms with Crippen molar-refractivity contribution in [1.29, 1.82) is 0 Å². The molecule has 4 nitrogen and oxygen atoms in total. The Labute approximate surface area is 82.9 Å². The summed E-state index contributed by atoms with van der Waals surface area (Å²) in [5.74, 6) is -2.17. The number of aliphatic carboxylic acids is 2. The Morgan fingerprint density at radius 1 is 1.43 bits per heavy atom. The molecule has 0 radical (unpaired) electrons. The molecule has 2 atom stereocenters. The average molecular weight is 200 g/mol. The van der Waals surface area contributed by atoms with E-state index in [2.05, 4.69) is 0 Å². The van der Waals surface area contributed by atoms with Crippen molar-refractivity contribution >= 4 is 11.9 Å². The van der Waals surface area contributed by atoms with Gasteiger partial charge in [-0.1, -0.05) is 13.3 Å². The summed E-state index contributed by atoms with van der Waals surface area (Å²) in [5, 5.41) is 18.0. The van der Waals surface area contributed by atoms with Gasteiger partial charge >= 0.3 is 11.9 Å². The molecule has 0 heterocycles. The van der Waals surface area contributed by atoms with Crippen LogP contribution in [0.25, 0.3) is 0 Å². The molecule has 0 spiro atoms. The van der Waals surface area contributed by atoms with Crippen LogP contribution < -0.4 is 0 Å². The Bertz CT molecular complexity index is 249. The second-order valence-corrected chi connectivity index (χ2v) is 4.07. The molecule has 4 heteroatoms. The van der Waals surface area contributed by atoms with Gasteiger partial charge in [-0.05, 0) is 25.7 Å². The highest BCUT2D eigenvalue weighted by Gasteiger charge is 2.43. The first-order valence-electron chi connectivity index (χ1n) is 4.98. The maximum absolute atomic E-state index is 11.1. The van der Waals surface area contributed by atoms with E-state index in [1.807, 2.05) is 6.92 Å². The van der Waals surface area contributed by atoms with Crippen LogP contribution in [0.5, 0.6) is 0 Å². The van der Waals surface area contributed by atoms with E-state index in [0.29, 0.717) is 25.7 Å². The van der Waals surface area contributed by atoms with Crippen LogP contribution in [-0.4, -0.2) is 22.2 Å². The van der Waals surface area contributed by atoms with Gasteiger partial charge in [0, 0.05) is 0 Å². The molecule has 0 aliphatic heterocycles. The van der Waals surface area contributed by atoms with Gasteiger partial charge in [-0.25, -0.2) is 0 Å². The molecule has 1 aliphatic carbocycles. The van der Waals surface area contributed by atoms with Crippen LogP contribution in [0.2, 0.25) is 0 Å². The lowest BCUT2D eigenvalue weighted by molar-refractivity contribution is -0.156. The zero-order valence-electron chi connectivity index (χ0n) is 8.32. The summed E-state index contributed by atoms with van der Waals surface area (Å²) in [7, 11) is 0. The lowest BCUT2D eigenvalue weighted by Gasteiger charge is -2.35. The molecule has 0 aromatic heterocycles. The molecular formula is C10H16O4. The molecule has 0 saturated heterocycles. The Hall–Kier alpha value is -1.06. The van der Waals surface area contributed by atoms with E-state index < -0.39 is 23.3 Å². The summed E-state index contributed by atoms with van der Waals surface area (Å²) in [4.78, 5) is 21.9. The minimum Gasteiger partial charge on any atom is -0.481 e. The molecule has 0 amide bonds. The van der Waals surface area contributed by atoms with Crippen molar-refractivity contribution in [2.24, 2.45) is 11.3 Å². The van der Waals surface area contributed by atoms with E-state index in [1.54, 1.807) is 0 Å². The van der Waals surface area contributed by atoms with Crippen LogP contribution in [0.4, 0.5) is 0 Å². The molecule has 1 saturated carbocycles. The Kier molecular flexibility index (Phi) is 3.13. The van der Waals surface area contributed by atoms with Gasteiger partial charge in [-0.3, -0.25) is 9.59 Å². The smallest absolute Gasteiger partial charge is 0.309 e. The van der Waals surface area contributed by atoms with Gasteiger partial charge in [0.05, 0.1) is 11.3 Å².